The first-order valence-electron chi connectivity index (χ1n) is 8.31. The summed E-state index contributed by atoms with van der Waals surface area (Å²) in [5, 5.41) is 0. The van der Waals surface area contributed by atoms with Gasteiger partial charge in [0, 0.05) is 33.2 Å². The van der Waals surface area contributed by atoms with Crippen LogP contribution in [0.5, 0.6) is 0 Å². The zero-order valence-corrected chi connectivity index (χ0v) is 15.5. The number of benzene rings is 1. The van der Waals surface area contributed by atoms with E-state index in [1.54, 1.807) is 7.05 Å². The molecular formula is C17H29N3O2S. The number of hydrogen-bond donors (Lipinski definition) is 1. The lowest BCUT2D eigenvalue weighted by Gasteiger charge is -2.19. The third kappa shape index (κ3) is 5.01. The Bertz CT molecular complexity index is 631. The molecule has 1 aliphatic heterocycles. The summed E-state index contributed by atoms with van der Waals surface area (Å²) < 4.78 is 28.0. The van der Waals surface area contributed by atoms with Crippen molar-refractivity contribution in [1.82, 2.24) is 13.9 Å². The summed E-state index contributed by atoms with van der Waals surface area (Å²) in [5.74, 6) is 0.390. The second kappa shape index (κ2) is 7.75. The monoisotopic (exact) mass is 339 g/mol. The minimum absolute atomic E-state index is 0.390. The lowest BCUT2D eigenvalue weighted by atomic mass is 10.1. The van der Waals surface area contributed by atoms with E-state index in [4.69, 9.17) is 0 Å². The number of nitrogens with zero attached hydrogens (tertiary/aromatic N) is 2. The largest absolute Gasteiger partial charge is 0.299 e. The molecule has 0 unspecified atom stereocenters. The van der Waals surface area contributed by atoms with Crippen LogP contribution in [0.4, 0.5) is 0 Å². The Labute approximate surface area is 140 Å². The van der Waals surface area contributed by atoms with Gasteiger partial charge in [0.1, 0.15) is 0 Å². The van der Waals surface area contributed by atoms with E-state index in [1.165, 1.54) is 21.0 Å². The minimum Gasteiger partial charge on any atom is -0.299 e. The van der Waals surface area contributed by atoms with Gasteiger partial charge in [0.15, 0.2) is 0 Å². The first-order valence-corrected chi connectivity index (χ1v) is 9.75. The summed E-state index contributed by atoms with van der Waals surface area (Å²) in [6, 6.07) is 6.61. The highest BCUT2D eigenvalue weighted by atomic mass is 32.2. The van der Waals surface area contributed by atoms with Crippen LogP contribution in [0.15, 0.2) is 18.2 Å². The van der Waals surface area contributed by atoms with Crippen molar-refractivity contribution in [1.29, 1.82) is 0 Å². The molecule has 23 heavy (non-hydrogen) atoms. The van der Waals surface area contributed by atoms with E-state index in [0.717, 1.165) is 26.1 Å². The second-order valence-electron chi connectivity index (χ2n) is 6.58. The zero-order chi connectivity index (χ0) is 17.0. The van der Waals surface area contributed by atoms with Gasteiger partial charge in [-0.15, -0.1) is 0 Å². The summed E-state index contributed by atoms with van der Waals surface area (Å²) in [5.41, 5.74) is 3.98. The highest BCUT2D eigenvalue weighted by Crippen LogP contribution is 2.19. The number of nitrogens with one attached hydrogen (secondary N) is 1. The zero-order valence-electron chi connectivity index (χ0n) is 14.7. The lowest BCUT2D eigenvalue weighted by molar-refractivity contribution is 0.316. The first kappa shape index (κ1) is 18.4. The molecule has 1 heterocycles. The predicted octanol–water partition coefficient (Wildman–Crippen LogP) is 1.91. The topological polar surface area (TPSA) is 52.7 Å². The molecule has 0 amide bonds. The molecule has 0 radical (unpaired) electrons. The van der Waals surface area contributed by atoms with Crippen molar-refractivity contribution < 1.29 is 8.42 Å². The number of rotatable bonds is 7. The minimum atomic E-state index is -3.32. The van der Waals surface area contributed by atoms with Crippen molar-refractivity contribution in [2.24, 2.45) is 5.92 Å². The Morgan fingerprint density at radius 1 is 1.30 bits per heavy atom. The Kier molecular flexibility index (Phi) is 6.19. The van der Waals surface area contributed by atoms with Crippen LogP contribution in [0.2, 0.25) is 0 Å². The van der Waals surface area contributed by atoms with E-state index in [0.29, 0.717) is 19.0 Å². The average molecular weight is 340 g/mol. The van der Waals surface area contributed by atoms with Crippen molar-refractivity contribution in [3.05, 3.63) is 34.9 Å². The normalized spacial score (nSPS) is 19.6. The van der Waals surface area contributed by atoms with E-state index >= 15 is 0 Å². The summed E-state index contributed by atoms with van der Waals surface area (Å²) in [4.78, 5) is 2.41. The van der Waals surface area contributed by atoms with Crippen molar-refractivity contribution in [2.75, 3.05) is 33.2 Å². The molecule has 5 nitrogen and oxygen atoms in total. The highest BCUT2D eigenvalue weighted by Gasteiger charge is 2.25. The molecule has 130 valence electrons. The van der Waals surface area contributed by atoms with Crippen molar-refractivity contribution in [2.45, 2.75) is 33.7 Å². The average Bonchev–Trinajstić information content (AvgIpc) is 2.96. The maximum absolute atomic E-state index is 12.0. The third-order valence-corrected chi connectivity index (χ3v) is 6.37. The quantitative estimate of drug-likeness (QED) is 0.826. The van der Waals surface area contributed by atoms with Gasteiger partial charge < -0.3 is 0 Å². The number of hydrogen-bond acceptors (Lipinski definition) is 3. The Hall–Kier alpha value is -0.950. The molecule has 1 aromatic carbocycles. The van der Waals surface area contributed by atoms with E-state index < -0.39 is 10.2 Å². The maximum atomic E-state index is 12.0. The fourth-order valence-corrected chi connectivity index (χ4v) is 3.89. The van der Waals surface area contributed by atoms with Gasteiger partial charge in [0.2, 0.25) is 0 Å². The molecule has 0 bridgehead atoms. The fraction of sp³-hybridized carbons (Fsp3) is 0.647. The molecule has 1 N–H and O–H groups in total. The van der Waals surface area contributed by atoms with Crippen LogP contribution in [-0.2, 0) is 16.8 Å². The molecule has 0 aromatic heterocycles. The summed E-state index contributed by atoms with van der Waals surface area (Å²) >= 11 is 0. The number of likely N-dealkylation sites (tertiary alicyclic amines) is 1. The van der Waals surface area contributed by atoms with Crippen LogP contribution < -0.4 is 4.72 Å². The van der Waals surface area contributed by atoms with Crippen molar-refractivity contribution in [3.8, 4) is 0 Å². The van der Waals surface area contributed by atoms with Gasteiger partial charge in [-0.2, -0.15) is 12.7 Å². The Morgan fingerprint density at radius 2 is 2.04 bits per heavy atom. The van der Waals surface area contributed by atoms with Crippen LogP contribution in [0.1, 0.15) is 30.0 Å². The Balaban J connectivity index is 1.83. The SMILES string of the molecule is CCN(C)S(=O)(=O)NC[C@H]1CCN(Cc2ccc(C)c(C)c2)C1. The summed E-state index contributed by atoms with van der Waals surface area (Å²) in [7, 11) is -1.72. The van der Waals surface area contributed by atoms with Gasteiger partial charge in [-0.3, -0.25) is 4.90 Å². The van der Waals surface area contributed by atoms with Crippen LogP contribution in [-0.4, -0.2) is 50.8 Å². The molecule has 2 rings (SSSR count). The molecule has 0 aliphatic carbocycles. The maximum Gasteiger partial charge on any atom is 0.279 e. The fourth-order valence-electron chi connectivity index (χ4n) is 2.89. The van der Waals surface area contributed by atoms with Gasteiger partial charge in [-0.05, 0) is 49.4 Å². The van der Waals surface area contributed by atoms with E-state index in [-0.39, 0.29) is 0 Å². The molecule has 6 heteroatoms. The van der Waals surface area contributed by atoms with Crippen molar-refractivity contribution in [3.63, 3.8) is 0 Å². The Morgan fingerprint density at radius 3 is 2.70 bits per heavy atom. The molecule has 1 fully saturated rings. The summed E-state index contributed by atoms with van der Waals surface area (Å²) in [6.45, 7) is 10.0. The van der Waals surface area contributed by atoms with Gasteiger partial charge >= 0.3 is 0 Å². The van der Waals surface area contributed by atoms with E-state index in [1.807, 2.05) is 6.92 Å². The van der Waals surface area contributed by atoms with Crippen LogP contribution in [0, 0.1) is 19.8 Å². The molecule has 1 saturated heterocycles. The summed E-state index contributed by atoms with van der Waals surface area (Å²) in [6.07, 6.45) is 1.04. The molecule has 0 saturated carbocycles. The van der Waals surface area contributed by atoms with E-state index in [9.17, 15) is 8.42 Å². The van der Waals surface area contributed by atoms with Crippen molar-refractivity contribution >= 4 is 10.2 Å². The predicted molar refractivity (Wildman–Crippen MR) is 94.5 cm³/mol. The smallest absolute Gasteiger partial charge is 0.279 e. The van der Waals surface area contributed by atoms with Gasteiger partial charge in [-0.1, -0.05) is 25.1 Å². The molecular weight excluding hydrogens is 310 g/mol. The van der Waals surface area contributed by atoms with Crippen LogP contribution in [0.25, 0.3) is 0 Å². The standard InChI is InChI=1S/C17H29N3O2S/c1-5-19(4)23(21,22)18-11-17-8-9-20(13-17)12-16-7-6-14(2)15(3)10-16/h6-7,10,17-18H,5,8-9,11-13H2,1-4H3/t17-/m1/s1. The molecule has 1 aliphatic rings. The molecule has 1 atom stereocenters. The molecule has 0 spiro atoms. The van der Waals surface area contributed by atoms with Gasteiger partial charge in [0.25, 0.3) is 10.2 Å². The third-order valence-electron chi connectivity index (χ3n) is 4.76. The highest BCUT2D eigenvalue weighted by molar-refractivity contribution is 7.87. The number of aryl methyl sites for hydroxylation is 2. The lowest BCUT2D eigenvalue weighted by Crippen LogP contribution is -2.40. The molecule has 1 aromatic rings. The van der Waals surface area contributed by atoms with Crippen LogP contribution in [0.3, 0.4) is 0 Å². The van der Waals surface area contributed by atoms with E-state index in [2.05, 4.69) is 41.7 Å². The van der Waals surface area contributed by atoms with Crippen LogP contribution >= 0.6 is 0 Å². The van der Waals surface area contributed by atoms with Gasteiger partial charge in [-0.25, -0.2) is 4.72 Å². The second-order valence-corrected chi connectivity index (χ2v) is 8.44. The van der Waals surface area contributed by atoms with Gasteiger partial charge in [0.05, 0.1) is 0 Å². The first-order chi connectivity index (χ1) is 10.8.